The fourth-order valence-corrected chi connectivity index (χ4v) is 4.54. The Kier molecular flexibility index (Phi) is 3.66. The molecule has 3 saturated heterocycles. The molecular formula is C19H20N4O4. The van der Waals surface area contributed by atoms with Gasteiger partial charge in [-0.2, -0.15) is 4.98 Å². The molecule has 8 heteroatoms. The Labute approximate surface area is 155 Å². The Hall–Kier alpha value is -2.58. The zero-order valence-corrected chi connectivity index (χ0v) is 14.9. The summed E-state index contributed by atoms with van der Waals surface area (Å²) in [5, 5.41) is 4.01. The van der Waals surface area contributed by atoms with E-state index >= 15 is 0 Å². The minimum absolute atomic E-state index is 0.132. The van der Waals surface area contributed by atoms with Crippen LogP contribution in [0.25, 0.3) is 11.4 Å². The summed E-state index contributed by atoms with van der Waals surface area (Å²) >= 11 is 0. The summed E-state index contributed by atoms with van der Waals surface area (Å²) in [5.74, 6) is -0.408. The zero-order valence-electron chi connectivity index (χ0n) is 14.9. The van der Waals surface area contributed by atoms with Gasteiger partial charge in [0.25, 0.3) is 0 Å². The van der Waals surface area contributed by atoms with Crippen molar-refractivity contribution in [1.82, 2.24) is 15.0 Å². The lowest BCUT2D eigenvalue weighted by Gasteiger charge is -2.21. The van der Waals surface area contributed by atoms with Crippen LogP contribution in [0.2, 0.25) is 0 Å². The van der Waals surface area contributed by atoms with Crippen molar-refractivity contribution in [1.29, 1.82) is 0 Å². The molecule has 1 aromatic carbocycles. The summed E-state index contributed by atoms with van der Waals surface area (Å²) in [4.78, 5) is 31.4. The highest BCUT2D eigenvalue weighted by molar-refractivity contribution is 6.06. The normalized spacial score (nSPS) is 30.2. The number of hydrogen-bond donors (Lipinski definition) is 1. The number of aromatic nitrogens is 2. The van der Waals surface area contributed by atoms with Crippen LogP contribution < -0.4 is 5.73 Å². The number of nitrogens with two attached hydrogens (primary N) is 1. The predicted molar refractivity (Wildman–Crippen MR) is 92.8 cm³/mol. The minimum atomic E-state index is -0.598. The van der Waals surface area contributed by atoms with Gasteiger partial charge >= 0.3 is 0 Å². The van der Waals surface area contributed by atoms with Crippen molar-refractivity contribution >= 4 is 11.8 Å². The first-order valence-electron chi connectivity index (χ1n) is 9.24. The molecule has 0 aliphatic carbocycles. The van der Waals surface area contributed by atoms with Gasteiger partial charge in [-0.15, -0.1) is 0 Å². The average molecular weight is 368 g/mol. The molecule has 3 aliphatic heterocycles. The van der Waals surface area contributed by atoms with Crippen molar-refractivity contribution in [3.05, 3.63) is 35.7 Å². The lowest BCUT2D eigenvalue weighted by Crippen LogP contribution is -2.36. The van der Waals surface area contributed by atoms with Crippen molar-refractivity contribution in [2.24, 2.45) is 17.6 Å². The molecule has 2 aromatic rings. The molecule has 3 fully saturated rings. The van der Waals surface area contributed by atoms with Gasteiger partial charge in [0.05, 0.1) is 24.0 Å². The summed E-state index contributed by atoms with van der Waals surface area (Å²) in [7, 11) is 0. The van der Waals surface area contributed by atoms with E-state index in [-0.39, 0.29) is 41.7 Å². The van der Waals surface area contributed by atoms with Crippen LogP contribution in [-0.4, -0.2) is 39.1 Å². The van der Waals surface area contributed by atoms with Gasteiger partial charge in [-0.25, -0.2) is 0 Å². The summed E-state index contributed by atoms with van der Waals surface area (Å²) in [5.41, 5.74) is 7.41. The van der Waals surface area contributed by atoms with Gasteiger partial charge in [0.15, 0.2) is 0 Å². The molecule has 2 amide bonds. The summed E-state index contributed by atoms with van der Waals surface area (Å²) < 4.78 is 11.1. The number of hydrogen-bond acceptors (Lipinski definition) is 7. The molecule has 27 heavy (non-hydrogen) atoms. The number of carbonyl (C=O) groups is 2. The van der Waals surface area contributed by atoms with Crippen LogP contribution in [0.3, 0.4) is 0 Å². The Bertz CT molecular complexity index is 881. The predicted octanol–water partition coefficient (Wildman–Crippen LogP) is 1.42. The van der Waals surface area contributed by atoms with Crippen LogP contribution in [0.4, 0.5) is 0 Å². The second kappa shape index (κ2) is 5.97. The molecular weight excluding hydrogens is 348 g/mol. The van der Waals surface area contributed by atoms with Crippen molar-refractivity contribution in [3.8, 4) is 11.4 Å². The van der Waals surface area contributed by atoms with Crippen LogP contribution in [0.5, 0.6) is 0 Å². The smallest absolute Gasteiger partial charge is 0.249 e. The molecule has 140 valence electrons. The summed E-state index contributed by atoms with van der Waals surface area (Å²) in [6, 6.07) is 6.94. The molecule has 1 aromatic heterocycles. The molecule has 5 unspecified atom stereocenters. The largest absolute Gasteiger partial charge is 0.373 e. The summed E-state index contributed by atoms with van der Waals surface area (Å²) in [6.07, 6.45) is 1.42. The molecule has 0 radical (unpaired) electrons. The van der Waals surface area contributed by atoms with Crippen LogP contribution in [0.15, 0.2) is 28.8 Å². The quantitative estimate of drug-likeness (QED) is 0.812. The van der Waals surface area contributed by atoms with Gasteiger partial charge in [-0.3, -0.25) is 14.5 Å². The van der Waals surface area contributed by atoms with Crippen LogP contribution >= 0.6 is 0 Å². The lowest BCUT2D eigenvalue weighted by atomic mass is 9.81. The van der Waals surface area contributed by atoms with Gasteiger partial charge in [-0.1, -0.05) is 29.4 Å². The van der Waals surface area contributed by atoms with Crippen LogP contribution in [0, 0.1) is 11.8 Å². The number of rotatable bonds is 4. The third-order valence-corrected chi connectivity index (χ3v) is 5.95. The Balaban J connectivity index is 1.40. The first kappa shape index (κ1) is 16.6. The maximum atomic E-state index is 12.9. The first-order chi connectivity index (χ1) is 13.1. The number of amides is 2. The van der Waals surface area contributed by atoms with Gasteiger partial charge < -0.3 is 15.0 Å². The number of ether oxygens (including phenoxy) is 1. The van der Waals surface area contributed by atoms with E-state index in [9.17, 15) is 9.59 Å². The fourth-order valence-electron chi connectivity index (χ4n) is 4.54. The van der Waals surface area contributed by atoms with Gasteiger partial charge in [0.2, 0.25) is 23.5 Å². The topological polar surface area (TPSA) is 112 Å². The van der Waals surface area contributed by atoms with Gasteiger partial charge in [-0.05, 0) is 25.3 Å². The maximum Gasteiger partial charge on any atom is 0.249 e. The third-order valence-electron chi connectivity index (χ3n) is 5.95. The SMILES string of the molecule is CC(c1nc(-c2ccc(CN)cc2)no1)N1C(=O)C2C3CCC(O3)C2C1=O. The van der Waals surface area contributed by atoms with Crippen molar-refractivity contribution in [3.63, 3.8) is 0 Å². The average Bonchev–Trinajstić information content (AvgIpc) is 3.45. The third kappa shape index (κ3) is 2.36. The van der Waals surface area contributed by atoms with Crippen LogP contribution in [-0.2, 0) is 20.9 Å². The van der Waals surface area contributed by atoms with Crippen molar-refractivity contribution in [2.75, 3.05) is 0 Å². The van der Waals surface area contributed by atoms with Crippen LogP contribution in [0.1, 0.15) is 37.3 Å². The highest BCUT2D eigenvalue weighted by Crippen LogP contribution is 2.50. The highest BCUT2D eigenvalue weighted by Gasteiger charge is 2.63. The lowest BCUT2D eigenvalue weighted by molar-refractivity contribution is -0.145. The second-order valence-electron chi connectivity index (χ2n) is 7.42. The van der Waals surface area contributed by atoms with E-state index < -0.39 is 6.04 Å². The molecule has 2 bridgehead atoms. The number of carbonyl (C=O) groups excluding carboxylic acids is 2. The fraction of sp³-hybridized carbons (Fsp3) is 0.474. The molecule has 0 spiro atoms. The monoisotopic (exact) mass is 368 g/mol. The number of fused-ring (bicyclic) bond motifs is 5. The van der Waals surface area contributed by atoms with E-state index in [4.69, 9.17) is 15.0 Å². The Morgan fingerprint density at radius 2 is 1.78 bits per heavy atom. The van der Waals surface area contributed by atoms with E-state index in [1.54, 1.807) is 6.92 Å². The highest BCUT2D eigenvalue weighted by atomic mass is 16.5. The van der Waals surface area contributed by atoms with Crippen molar-refractivity contribution < 1.29 is 18.8 Å². The van der Waals surface area contributed by atoms with Gasteiger partial charge in [0.1, 0.15) is 6.04 Å². The van der Waals surface area contributed by atoms with E-state index in [0.717, 1.165) is 24.0 Å². The van der Waals surface area contributed by atoms with E-state index in [2.05, 4.69) is 10.1 Å². The van der Waals surface area contributed by atoms with E-state index in [1.807, 2.05) is 24.3 Å². The summed E-state index contributed by atoms with van der Waals surface area (Å²) in [6.45, 7) is 2.20. The van der Waals surface area contributed by atoms with Crippen molar-refractivity contribution in [2.45, 2.75) is 44.6 Å². The molecule has 2 N–H and O–H groups in total. The molecule has 4 heterocycles. The Morgan fingerprint density at radius 1 is 1.15 bits per heavy atom. The van der Waals surface area contributed by atoms with E-state index in [1.165, 1.54) is 4.90 Å². The molecule has 8 nitrogen and oxygen atoms in total. The maximum absolute atomic E-state index is 12.9. The van der Waals surface area contributed by atoms with Gasteiger partial charge in [0, 0.05) is 12.1 Å². The number of nitrogens with zero attached hydrogens (tertiary/aromatic N) is 3. The molecule has 5 rings (SSSR count). The van der Waals surface area contributed by atoms with E-state index in [0.29, 0.717) is 12.4 Å². The second-order valence-corrected chi connectivity index (χ2v) is 7.42. The molecule has 3 aliphatic rings. The molecule has 5 atom stereocenters. The first-order valence-corrected chi connectivity index (χ1v) is 9.24. The molecule has 0 saturated carbocycles. The zero-order chi connectivity index (χ0) is 18.7. The standard InChI is InChI=1S/C19H20N4O4/c1-9(17-21-16(22-27-17)11-4-2-10(8-20)3-5-11)23-18(24)14-12-6-7-13(26-12)15(14)19(23)25/h2-5,9,12-15H,6-8,20H2,1H3. The Morgan fingerprint density at radius 3 is 2.37 bits per heavy atom. The number of benzene rings is 1. The number of imide groups is 1. The number of likely N-dealkylation sites (tertiary alicyclic amines) is 1. The minimum Gasteiger partial charge on any atom is -0.373 e.